The van der Waals surface area contributed by atoms with E-state index in [9.17, 15) is 4.79 Å². The van der Waals surface area contributed by atoms with Crippen molar-refractivity contribution >= 4 is 17.2 Å². The molecule has 1 unspecified atom stereocenters. The summed E-state index contributed by atoms with van der Waals surface area (Å²) in [7, 11) is 0. The first-order chi connectivity index (χ1) is 10.7. The van der Waals surface area contributed by atoms with Crippen LogP contribution >= 0.6 is 11.3 Å². The number of aryl methyl sites for hydroxylation is 1. The van der Waals surface area contributed by atoms with Crippen LogP contribution in [0, 0.1) is 12.8 Å². The van der Waals surface area contributed by atoms with Crippen molar-refractivity contribution in [3.63, 3.8) is 0 Å². The Morgan fingerprint density at radius 3 is 3.00 bits per heavy atom. The summed E-state index contributed by atoms with van der Waals surface area (Å²) in [4.78, 5) is 19.9. The van der Waals surface area contributed by atoms with Crippen LogP contribution in [0.4, 0.5) is 0 Å². The summed E-state index contributed by atoms with van der Waals surface area (Å²) in [6, 6.07) is 3.87. The lowest BCUT2D eigenvalue weighted by molar-refractivity contribution is 0.0790. The van der Waals surface area contributed by atoms with Crippen LogP contribution in [0.1, 0.15) is 46.4 Å². The van der Waals surface area contributed by atoms with Crippen molar-refractivity contribution in [1.82, 2.24) is 14.5 Å². The fourth-order valence-electron chi connectivity index (χ4n) is 3.36. The topological polar surface area (TPSA) is 38.1 Å². The summed E-state index contributed by atoms with van der Waals surface area (Å²) in [5.41, 5.74) is 1.25. The second kappa shape index (κ2) is 5.54. The van der Waals surface area contributed by atoms with Gasteiger partial charge in [-0.15, -0.1) is 11.3 Å². The molecule has 4 nitrogen and oxygen atoms in total. The molecule has 22 heavy (non-hydrogen) atoms. The molecule has 1 aliphatic heterocycles. The summed E-state index contributed by atoms with van der Waals surface area (Å²) in [6.07, 6.45) is 5.66. The first-order valence-electron chi connectivity index (χ1n) is 8.07. The zero-order valence-electron chi connectivity index (χ0n) is 12.9. The number of carbonyl (C=O) groups is 1. The van der Waals surface area contributed by atoms with Crippen LogP contribution in [0.5, 0.6) is 0 Å². The molecule has 0 radical (unpaired) electrons. The number of thiophene rings is 1. The second-order valence-electron chi connectivity index (χ2n) is 6.53. The second-order valence-corrected chi connectivity index (χ2v) is 7.47. The first kappa shape index (κ1) is 14.0. The van der Waals surface area contributed by atoms with Gasteiger partial charge < -0.3 is 9.47 Å². The Morgan fingerprint density at radius 1 is 1.41 bits per heavy atom. The highest BCUT2D eigenvalue weighted by Gasteiger charge is 2.32. The van der Waals surface area contributed by atoms with E-state index in [2.05, 4.69) is 16.5 Å². The van der Waals surface area contributed by atoms with Gasteiger partial charge in [0.15, 0.2) is 0 Å². The van der Waals surface area contributed by atoms with E-state index in [4.69, 9.17) is 0 Å². The Labute approximate surface area is 134 Å². The monoisotopic (exact) mass is 315 g/mol. The lowest BCUT2D eigenvalue weighted by Gasteiger charge is -2.17. The van der Waals surface area contributed by atoms with E-state index in [0.29, 0.717) is 11.8 Å². The predicted molar refractivity (Wildman–Crippen MR) is 87.3 cm³/mol. The first-order valence-corrected chi connectivity index (χ1v) is 8.95. The van der Waals surface area contributed by atoms with Crippen LogP contribution in [-0.4, -0.2) is 33.4 Å². The molecule has 2 aromatic heterocycles. The lowest BCUT2D eigenvalue weighted by atomic mass is 10.1. The minimum absolute atomic E-state index is 0.197. The SMILES string of the molecule is Cc1cnc(C2CC2)n1CC1CCN(C(=O)c2cccs2)C1. The molecule has 2 fully saturated rings. The van der Waals surface area contributed by atoms with Gasteiger partial charge in [-0.25, -0.2) is 4.98 Å². The van der Waals surface area contributed by atoms with Gasteiger partial charge >= 0.3 is 0 Å². The highest BCUT2D eigenvalue weighted by molar-refractivity contribution is 7.12. The number of aromatic nitrogens is 2. The quantitative estimate of drug-likeness (QED) is 0.868. The standard InChI is InChI=1S/C17H21N3OS/c1-12-9-18-16(14-4-5-14)20(12)11-13-6-7-19(10-13)17(21)15-3-2-8-22-15/h2-3,8-9,13-14H,4-7,10-11H2,1H3. The number of hydrogen-bond donors (Lipinski definition) is 0. The molecule has 1 saturated carbocycles. The molecular weight excluding hydrogens is 294 g/mol. The Kier molecular flexibility index (Phi) is 3.53. The molecule has 0 N–H and O–H groups in total. The largest absolute Gasteiger partial charge is 0.338 e. The van der Waals surface area contributed by atoms with Gasteiger partial charge in [0.1, 0.15) is 5.82 Å². The molecule has 2 aromatic rings. The molecular formula is C17H21N3OS. The Hall–Kier alpha value is -1.62. The molecule has 2 aliphatic rings. The van der Waals surface area contributed by atoms with E-state index in [1.54, 1.807) is 0 Å². The third-order valence-electron chi connectivity index (χ3n) is 4.77. The molecule has 0 bridgehead atoms. The van der Waals surface area contributed by atoms with Crippen LogP contribution in [0.2, 0.25) is 0 Å². The van der Waals surface area contributed by atoms with Crippen LogP contribution < -0.4 is 0 Å². The van der Waals surface area contributed by atoms with Crippen molar-refractivity contribution < 1.29 is 4.79 Å². The number of imidazole rings is 1. The minimum Gasteiger partial charge on any atom is -0.338 e. The van der Waals surface area contributed by atoms with Crippen molar-refractivity contribution in [1.29, 1.82) is 0 Å². The van der Waals surface area contributed by atoms with Gasteiger partial charge in [0.05, 0.1) is 4.88 Å². The maximum atomic E-state index is 12.4. The molecule has 4 rings (SSSR count). The third kappa shape index (κ3) is 2.58. The van der Waals surface area contributed by atoms with Gasteiger partial charge in [-0.3, -0.25) is 4.79 Å². The summed E-state index contributed by atoms with van der Waals surface area (Å²) < 4.78 is 2.39. The molecule has 0 aromatic carbocycles. The Bertz CT molecular complexity index is 672. The molecule has 0 spiro atoms. The average molecular weight is 315 g/mol. The van der Waals surface area contributed by atoms with E-state index in [1.165, 1.54) is 35.7 Å². The molecule has 1 amide bonds. The lowest BCUT2D eigenvalue weighted by Crippen LogP contribution is -2.28. The van der Waals surface area contributed by atoms with Crippen LogP contribution in [0.3, 0.4) is 0 Å². The van der Waals surface area contributed by atoms with Gasteiger partial charge in [-0.1, -0.05) is 6.07 Å². The maximum absolute atomic E-state index is 12.4. The molecule has 116 valence electrons. The van der Waals surface area contributed by atoms with E-state index in [0.717, 1.165) is 30.9 Å². The highest BCUT2D eigenvalue weighted by Crippen LogP contribution is 2.40. The highest BCUT2D eigenvalue weighted by atomic mass is 32.1. The van der Waals surface area contributed by atoms with Crippen molar-refractivity contribution in [3.8, 4) is 0 Å². The van der Waals surface area contributed by atoms with Gasteiger partial charge in [-0.05, 0) is 43.6 Å². The van der Waals surface area contributed by atoms with E-state index >= 15 is 0 Å². The zero-order valence-corrected chi connectivity index (χ0v) is 13.7. The van der Waals surface area contributed by atoms with Gasteiger partial charge in [0, 0.05) is 37.4 Å². The molecule has 1 aliphatic carbocycles. The number of hydrogen-bond acceptors (Lipinski definition) is 3. The Morgan fingerprint density at radius 2 is 2.27 bits per heavy atom. The van der Waals surface area contributed by atoms with Crippen molar-refractivity contribution in [2.45, 2.75) is 38.6 Å². The summed E-state index contributed by atoms with van der Waals surface area (Å²) in [6.45, 7) is 4.90. The normalized spacial score (nSPS) is 21.5. The maximum Gasteiger partial charge on any atom is 0.263 e. The van der Waals surface area contributed by atoms with Crippen molar-refractivity contribution in [2.75, 3.05) is 13.1 Å². The predicted octanol–water partition coefficient (Wildman–Crippen LogP) is 3.29. The van der Waals surface area contributed by atoms with Crippen LogP contribution in [0.25, 0.3) is 0 Å². The minimum atomic E-state index is 0.197. The van der Waals surface area contributed by atoms with E-state index in [-0.39, 0.29) is 5.91 Å². The smallest absolute Gasteiger partial charge is 0.263 e. The molecule has 5 heteroatoms. The number of rotatable bonds is 4. The van der Waals surface area contributed by atoms with Crippen LogP contribution in [-0.2, 0) is 6.54 Å². The number of carbonyl (C=O) groups excluding carboxylic acids is 1. The molecule has 1 atom stereocenters. The van der Waals surface area contributed by atoms with E-state index in [1.807, 2.05) is 28.6 Å². The Balaban J connectivity index is 1.43. The summed E-state index contributed by atoms with van der Waals surface area (Å²) in [5.74, 6) is 2.69. The van der Waals surface area contributed by atoms with Gasteiger partial charge in [-0.2, -0.15) is 0 Å². The zero-order chi connectivity index (χ0) is 15.1. The number of nitrogens with zero attached hydrogens (tertiary/aromatic N) is 3. The average Bonchev–Trinajstić information content (AvgIpc) is 2.95. The van der Waals surface area contributed by atoms with Gasteiger partial charge in [0.2, 0.25) is 0 Å². The molecule has 1 saturated heterocycles. The fraction of sp³-hybridized carbons (Fsp3) is 0.529. The van der Waals surface area contributed by atoms with E-state index < -0.39 is 0 Å². The summed E-state index contributed by atoms with van der Waals surface area (Å²) in [5, 5.41) is 1.97. The van der Waals surface area contributed by atoms with Crippen LogP contribution in [0.15, 0.2) is 23.7 Å². The van der Waals surface area contributed by atoms with Crippen molar-refractivity contribution in [2.24, 2.45) is 5.92 Å². The summed E-state index contributed by atoms with van der Waals surface area (Å²) >= 11 is 1.54. The van der Waals surface area contributed by atoms with Crippen molar-refractivity contribution in [3.05, 3.63) is 40.1 Å². The van der Waals surface area contributed by atoms with Gasteiger partial charge in [0.25, 0.3) is 5.91 Å². The number of likely N-dealkylation sites (tertiary alicyclic amines) is 1. The number of amides is 1. The molecule has 3 heterocycles. The fourth-order valence-corrected chi connectivity index (χ4v) is 4.06. The third-order valence-corrected chi connectivity index (χ3v) is 5.63.